The Labute approximate surface area is 111 Å². The molecule has 1 fully saturated rings. The summed E-state index contributed by atoms with van der Waals surface area (Å²) in [5, 5.41) is 3.37. The van der Waals surface area contributed by atoms with E-state index in [1.165, 1.54) is 25.7 Å². The Morgan fingerprint density at radius 1 is 1.11 bits per heavy atom. The lowest BCUT2D eigenvalue weighted by Crippen LogP contribution is -2.44. The van der Waals surface area contributed by atoms with Crippen LogP contribution in [0.15, 0.2) is 0 Å². The molecule has 1 rings (SSSR count). The molecule has 4 heteroatoms. The summed E-state index contributed by atoms with van der Waals surface area (Å²) < 4.78 is 16.3. The van der Waals surface area contributed by atoms with Crippen LogP contribution in [0.1, 0.15) is 32.6 Å². The van der Waals surface area contributed by atoms with E-state index in [4.69, 9.17) is 14.2 Å². The lowest BCUT2D eigenvalue weighted by molar-refractivity contribution is -0.0398. The molecule has 3 atom stereocenters. The molecule has 4 nitrogen and oxygen atoms in total. The van der Waals surface area contributed by atoms with Gasteiger partial charge in [0, 0.05) is 13.2 Å². The first-order valence-corrected chi connectivity index (χ1v) is 7.17. The second-order valence-electron chi connectivity index (χ2n) is 5.00. The molecule has 0 amide bonds. The normalized spacial score (nSPS) is 28.5. The maximum Gasteiger partial charge on any atom is 0.0731 e. The largest absolute Gasteiger partial charge is 0.382 e. The van der Waals surface area contributed by atoms with Crippen molar-refractivity contribution in [3.05, 3.63) is 0 Å². The van der Waals surface area contributed by atoms with Crippen LogP contribution in [-0.2, 0) is 14.2 Å². The van der Waals surface area contributed by atoms with Crippen molar-refractivity contribution in [1.82, 2.24) is 5.32 Å². The fraction of sp³-hybridized carbons (Fsp3) is 1.00. The predicted octanol–water partition coefficient (Wildman–Crippen LogP) is 1.83. The number of methoxy groups -OCH3 is 1. The van der Waals surface area contributed by atoms with Gasteiger partial charge >= 0.3 is 0 Å². The Bertz CT molecular complexity index is 201. The van der Waals surface area contributed by atoms with Gasteiger partial charge in [-0.2, -0.15) is 0 Å². The summed E-state index contributed by atoms with van der Waals surface area (Å²) >= 11 is 0. The molecule has 1 N–H and O–H groups in total. The molecule has 0 saturated heterocycles. The van der Waals surface area contributed by atoms with E-state index in [-0.39, 0.29) is 0 Å². The molecule has 108 valence electrons. The number of ether oxygens (including phenoxy) is 3. The highest BCUT2D eigenvalue weighted by atomic mass is 16.5. The first-order chi connectivity index (χ1) is 8.81. The fourth-order valence-electron chi connectivity index (χ4n) is 2.60. The fourth-order valence-corrected chi connectivity index (χ4v) is 2.60. The molecule has 0 spiro atoms. The second kappa shape index (κ2) is 9.73. The number of rotatable bonds is 9. The third-order valence-electron chi connectivity index (χ3n) is 3.84. The van der Waals surface area contributed by atoms with Gasteiger partial charge in [-0.3, -0.25) is 0 Å². The van der Waals surface area contributed by atoms with E-state index < -0.39 is 0 Å². The summed E-state index contributed by atoms with van der Waals surface area (Å²) in [5.74, 6) is 0.828. The van der Waals surface area contributed by atoms with Crippen LogP contribution in [0, 0.1) is 5.92 Å². The van der Waals surface area contributed by atoms with E-state index in [0.717, 1.165) is 5.92 Å². The van der Waals surface area contributed by atoms with Crippen molar-refractivity contribution >= 4 is 0 Å². The van der Waals surface area contributed by atoms with E-state index in [0.29, 0.717) is 38.6 Å². The zero-order valence-electron chi connectivity index (χ0n) is 12.1. The summed E-state index contributed by atoms with van der Waals surface area (Å²) in [7, 11) is 3.71. The molecule has 3 unspecified atom stereocenters. The summed E-state index contributed by atoms with van der Waals surface area (Å²) in [6.07, 6.45) is 5.34. The van der Waals surface area contributed by atoms with Crippen LogP contribution in [0.5, 0.6) is 0 Å². The van der Waals surface area contributed by atoms with Gasteiger partial charge in [0.15, 0.2) is 0 Å². The van der Waals surface area contributed by atoms with Gasteiger partial charge in [0.1, 0.15) is 0 Å². The zero-order chi connectivity index (χ0) is 13.2. The summed E-state index contributed by atoms with van der Waals surface area (Å²) in [6, 6.07) is 0.506. The number of hydrogen-bond donors (Lipinski definition) is 1. The van der Waals surface area contributed by atoms with E-state index >= 15 is 0 Å². The van der Waals surface area contributed by atoms with E-state index in [2.05, 4.69) is 12.2 Å². The van der Waals surface area contributed by atoms with Crippen LogP contribution >= 0.6 is 0 Å². The molecule has 0 aromatic heterocycles. The lowest BCUT2D eigenvalue weighted by atomic mass is 9.82. The number of likely N-dealkylation sites (N-methyl/N-ethyl adjacent to an activating group) is 1. The van der Waals surface area contributed by atoms with Crippen molar-refractivity contribution in [2.45, 2.75) is 44.8 Å². The molecular formula is C14H29NO3. The first-order valence-electron chi connectivity index (χ1n) is 7.17. The number of hydrogen-bond acceptors (Lipinski definition) is 4. The summed E-state index contributed by atoms with van der Waals surface area (Å²) in [6.45, 7) is 4.92. The van der Waals surface area contributed by atoms with Gasteiger partial charge in [-0.1, -0.05) is 13.3 Å². The van der Waals surface area contributed by atoms with Gasteiger partial charge in [0.25, 0.3) is 0 Å². The van der Waals surface area contributed by atoms with Crippen LogP contribution in [-0.4, -0.2) is 52.7 Å². The van der Waals surface area contributed by atoms with Gasteiger partial charge in [-0.15, -0.1) is 0 Å². The summed E-state index contributed by atoms with van der Waals surface area (Å²) in [5.41, 5.74) is 0. The van der Waals surface area contributed by atoms with Crippen molar-refractivity contribution in [1.29, 1.82) is 0 Å². The summed E-state index contributed by atoms with van der Waals surface area (Å²) in [4.78, 5) is 0. The van der Waals surface area contributed by atoms with Crippen molar-refractivity contribution in [2.24, 2.45) is 5.92 Å². The Morgan fingerprint density at radius 2 is 1.89 bits per heavy atom. The third-order valence-corrected chi connectivity index (χ3v) is 3.84. The first kappa shape index (κ1) is 15.9. The maximum absolute atomic E-state index is 5.97. The average molecular weight is 259 g/mol. The van der Waals surface area contributed by atoms with E-state index in [9.17, 15) is 0 Å². The highest BCUT2D eigenvalue weighted by molar-refractivity contribution is 4.84. The smallest absolute Gasteiger partial charge is 0.0731 e. The van der Waals surface area contributed by atoms with Gasteiger partial charge < -0.3 is 19.5 Å². The predicted molar refractivity (Wildman–Crippen MR) is 72.9 cm³/mol. The van der Waals surface area contributed by atoms with Crippen LogP contribution < -0.4 is 5.32 Å². The van der Waals surface area contributed by atoms with Gasteiger partial charge in [0.05, 0.1) is 32.5 Å². The Balaban J connectivity index is 2.16. The van der Waals surface area contributed by atoms with Crippen molar-refractivity contribution in [3.63, 3.8) is 0 Å². The van der Waals surface area contributed by atoms with Gasteiger partial charge in [0.2, 0.25) is 0 Å². The van der Waals surface area contributed by atoms with Crippen molar-refractivity contribution in [3.8, 4) is 0 Å². The van der Waals surface area contributed by atoms with E-state index in [1.807, 2.05) is 7.05 Å². The number of nitrogens with one attached hydrogen (secondary N) is 1. The van der Waals surface area contributed by atoms with Gasteiger partial charge in [-0.25, -0.2) is 0 Å². The van der Waals surface area contributed by atoms with Crippen molar-refractivity contribution < 1.29 is 14.2 Å². The zero-order valence-corrected chi connectivity index (χ0v) is 12.1. The highest BCUT2D eigenvalue weighted by Crippen LogP contribution is 2.28. The van der Waals surface area contributed by atoms with Gasteiger partial charge in [-0.05, 0) is 32.2 Å². The molecule has 0 bridgehead atoms. The Morgan fingerprint density at radius 3 is 2.56 bits per heavy atom. The molecule has 18 heavy (non-hydrogen) atoms. The molecule has 0 aromatic rings. The molecule has 0 radical (unpaired) electrons. The van der Waals surface area contributed by atoms with Crippen LogP contribution in [0.25, 0.3) is 0 Å². The van der Waals surface area contributed by atoms with E-state index in [1.54, 1.807) is 7.11 Å². The average Bonchev–Trinajstić information content (AvgIpc) is 2.42. The standard InChI is InChI=1S/C14H29NO3/c1-4-12-5-6-13(15-2)14(11-12)18-10-9-17-8-7-16-3/h12-15H,4-11H2,1-3H3. The van der Waals surface area contributed by atoms with Crippen LogP contribution in [0.2, 0.25) is 0 Å². The molecule has 0 heterocycles. The molecule has 0 aromatic carbocycles. The quantitative estimate of drug-likeness (QED) is 0.641. The molecule has 1 aliphatic rings. The molecule has 0 aliphatic heterocycles. The highest BCUT2D eigenvalue weighted by Gasteiger charge is 2.29. The topological polar surface area (TPSA) is 39.7 Å². The molecule has 1 saturated carbocycles. The monoisotopic (exact) mass is 259 g/mol. The minimum Gasteiger partial charge on any atom is -0.382 e. The minimum absolute atomic E-state index is 0.347. The Kier molecular flexibility index (Phi) is 8.59. The second-order valence-corrected chi connectivity index (χ2v) is 5.00. The molecule has 1 aliphatic carbocycles. The van der Waals surface area contributed by atoms with Crippen molar-refractivity contribution in [2.75, 3.05) is 40.6 Å². The van der Waals surface area contributed by atoms with Crippen LogP contribution in [0.3, 0.4) is 0 Å². The van der Waals surface area contributed by atoms with Crippen LogP contribution in [0.4, 0.5) is 0 Å². The Hall–Kier alpha value is -0.160. The minimum atomic E-state index is 0.347. The third kappa shape index (κ3) is 5.65. The SMILES string of the molecule is CCC1CCC(NC)C(OCCOCCOC)C1. The molecular weight excluding hydrogens is 230 g/mol. The lowest BCUT2D eigenvalue weighted by Gasteiger charge is -2.35. The maximum atomic E-state index is 5.97.